The minimum Gasteiger partial charge on any atom is -0.435 e. The molecule has 4 aromatic rings. The van der Waals surface area contributed by atoms with Crippen molar-refractivity contribution in [2.24, 2.45) is 0 Å². The lowest BCUT2D eigenvalue weighted by Crippen LogP contribution is -2.81. The van der Waals surface area contributed by atoms with Gasteiger partial charge in [0, 0.05) is 12.1 Å². The Labute approximate surface area is 303 Å². The van der Waals surface area contributed by atoms with E-state index in [9.17, 15) is 14.9 Å². The van der Waals surface area contributed by atoms with Crippen LogP contribution in [0.25, 0.3) is 5.52 Å². The SMILES string of the molecule is CCOC(=O)O[C@H]1[C@H](c2ccc3c(N(C)CN(C)C)ncnn23)O[C@](C#N)(CO[Si]2(c3ccccc3)c3ccccc3C2(C)C)[C@H]1OC(=O)OCC. The number of fused-ring (bicyclic) bond motifs is 2. The summed E-state index contributed by atoms with van der Waals surface area (Å²) in [4.78, 5) is 34.6. The summed E-state index contributed by atoms with van der Waals surface area (Å²) < 4.78 is 37.6. The van der Waals surface area contributed by atoms with E-state index in [1.54, 1.807) is 24.4 Å². The Bertz CT molecular complexity index is 1970. The molecule has 2 aliphatic rings. The van der Waals surface area contributed by atoms with E-state index in [1.807, 2.05) is 79.5 Å². The van der Waals surface area contributed by atoms with Gasteiger partial charge >= 0.3 is 12.3 Å². The second-order valence-electron chi connectivity index (χ2n) is 13.6. The zero-order valence-electron chi connectivity index (χ0n) is 30.4. The molecule has 0 bridgehead atoms. The van der Waals surface area contributed by atoms with Gasteiger partial charge in [-0.1, -0.05) is 68.4 Å². The number of ether oxygens (including phenoxy) is 5. The van der Waals surface area contributed by atoms with Crippen LogP contribution in [0.1, 0.15) is 45.1 Å². The largest absolute Gasteiger partial charge is 0.508 e. The smallest absolute Gasteiger partial charge is 0.435 e. The molecule has 1 fully saturated rings. The van der Waals surface area contributed by atoms with Crippen LogP contribution in [0.4, 0.5) is 15.4 Å². The number of nitriles is 1. The minimum absolute atomic E-state index is 0.00774. The predicted octanol–water partition coefficient (Wildman–Crippen LogP) is 3.71. The summed E-state index contributed by atoms with van der Waals surface area (Å²) in [5.74, 6) is 0.631. The molecule has 5 atom stereocenters. The van der Waals surface area contributed by atoms with E-state index in [1.165, 1.54) is 6.33 Å². The van der Waals surface area contributed by atoms with E-state index in [-0.39, 0.29) is 19.8 Å². The average molecular weight is 729 g/mol. The van der Waals surface area contributed by atoms with Gasteiger partial charge in [0.2, 0.25) is 5.60 Å². The summed E-state index contributed by atoms with van der Waals surface area (Å²) >= 11 is 0. The van der Waals surface area contributed by atoms with Crippen molar-refractivity contribution in [3.63, 3.8) is 0 Å². The van der Waals surface area contributed by atoms with Gasteiger partial charge in [0.25, 0.3) is 8.32 Å². The number of hydrogen-bond donors (Lipinski definition) is 0. The van der Waals surface area contributed by atoms with E-state index >= 15 is 0 Å². The fourth-order valence-corrected chi connectivity index (χ4v) is 12.5. The predicted molar refractivity (Wildman–Crippen MR) is 193 cm³/mol. The number of carbonyl (C=O) groups excluding carboxylic acids is 2. The van der Waals surface area contributed by atoms with Gasteiger partial charge in [-0.25, -0.2) is 19.1 Å². The lowest BCUT2D eigenvalue weighted by Gasteiger charge is -2.55. The van der Waals surface area contributed by atoms with Gasteiger partial charge in [0.05, 0.1) is 32.2 Å². The normalized spacial score (nSPS) is 24.4. The highest BCUT2D eigenvalue weighted by Crippen LogP contribution is 2.47. The summed E-state index contributed by atoms with van der Waals surface area (Å²) in [5.41, 5.74) is 0.229. The molecule has 2 aliphatic heterocycles. The zero-order valence-corrected chi connectivity index (χ0v) is 31.4. The number of carbonyl (C=O) groups is 2. The number of hydrogen-bond acceptors (Lipinski definition) is 13. The summed E-state index contributed by atoms with van der Waals surface area (Å²) in [6.07, 6.45) is -4.74. The molecule has 0 amide bonds. The molecule has 6 rings (SSSR count). The van der Waals surface area contributed by atoms with Gasteiger partial charge in [0.15, 0.2) is 18.0 Å². The van der Waals surface area contributed by atoms with Gasteiger partial charge < -0.3 is 33.0 Å². The molecular weight excluding hydrogens is 685 g/mol. The molecule has 0 spiro atoms. The Kier molecular flexibility index (Phi) is 10.3. The van der Waals surface area contributed by atoms with Crippen molar-refractivity contribution in [1.29, 1.82) is 5.26 Å². The van der Waals surface area contributed by atoms with Gasteiger partial charge in [-0.3, -0.25) is 4.90 Å². The van der Waals surface area contributed by atoms with Crippen LogP contribution in [0.3, 0.4) is 0 Å². The third kappa shape index (κ3) is 6.15. The monoisotopic (exact) mass is 728 g/mol. The zero-order chi connectivity index (χ0) is 37.3. The van der Waals surface area contributed by atoms with Crippen LogP contribution >= 0.6 is 0 Å². The van der Waals surface area contributed by atoms with Crippen molar-refractivity contribution in [1.82, 2.24) is 19.5 Å². The highest BCUT2D eigenvalue weighted by molar-refractivity contribution is 7.03. The lowest BCUT2D eigenvalue weighted by atomic mass is 9.95. The quantitative estimate of drug-likeness (QED) is 0.119. The summed E-state index contributed by atoms with van der Waals surface area (Å²) in [5, 5.41) is 17.3. The molecule has 52 heavy (non-hydrogen) atoms. The first-order valence-electron chi connectivity index (χ1n) is 17.2. The summed E-state index contributed by atoms with van der Waals surface area (Å²) in [7, 11) is 2.71. The van der Waals surface area contributed by atoms with Crippen LogP contribution < -0.4 is 15.3 Å². The van der Waals surface area contributed by atoms with Crippen molar-refractivity contribution in [2.45, 2.75) is 56.6 Å². The molecule has 14 nitrogen and oxygen atoms in total. The van der Waals surface area contributed by atoms with Gasteiger partial charge in [-0.15, -0.1) is 0 Å². The van der Waals surface area contributed by atoms with Crippen LogP contribution in [0.15, 0.2) is 73.1 Å². The molecule has 0 aliphatic carbocycles. The Morgan fingerprint density at radius 1 is 0.962 bits per heavy atom. The maximum absolute atomic E-state index is 13.1. The molecule has 0 radical (unpaired) electrons. The average Bonchev–Trinajstić information content (AvgIpc) is 3.68. The molecule has 1 saturated heterocycles. The second-order valence-corrected chi connectivity index (χ2v) is 17.6. The van der Waals surface area contributed by atoms with Crippen molar-refractivity contribution in [3.05, 3.63) is 84.3 Å². The molecule has 0 N–H and O–H groups in total. The number of nitrogens with zero attached hydrogens (tertiary/aromatic N) is 6. The van der Waals surface area contributed by atoms with Gasteiger partial charge in [0.1, 0.15) is 24.0 Å². The number of benzene rings is 2. The fraction of sp³-hybridized carbons (Fsp3) is 0.432. The van der Waals surface area contributed by atoms with Crippen LogP contribution in [0.2, 0.25) is 0 Å². The molecule has 2 aromatic carbocycles. The third-order valence-electron chi connectivity index (χ3n) is 9.72. The van der Waals surface area contributed by atoms with Crippen molar-refractivity contribution >= 4 is 42.3 Å². The first-order valence-corrected chi connectivity index (χ1v) is 19.1. The number of aromatic nitrogens is 3. The Morgan fingerprint density at radius 2 is 1.63 bits per heavy atom. The molecule has 0 saturated carbocycles. The minimum atomic E-state index is -3.09. The van der Waals surface area contributed by atoms with Gasteiger partial charge in [-0.2, -0.15) is 10.4 Å². The highest BCUT2D eigenvalue weighted by atomic mass is 28.4. The summed E-state index contributed by atoms with van der Waals surface area (Å²) in [6.45, 7) is 7.82. The number of rotatable bonds is 12. The molecule has 4 heterocycles. The maximum Gasteiger partial charge on any atom is 0.508 e. The Hall–Kier alpha value is -5.01. The first kappa shape index (κ1) is 36.8. The first-order chi connectivity index (χ1) is 24.9. The third-order valence-corrected chi connectivity index (χ3v) is 14.7. The van der Waals surface area contributed by atoms with Crippen LogP contribution in [0.5, 0.6) is 0 Å². The fourth-order valence-electron chi connectivity index (χ4n) is 7.54. The van der Waals surface area contributed by atoms with Crippen molar-refractivity contribution in [3.8, 4) is 6.07 Å². The van der Waals surface area contributed by atoms with Crippen LogP contribution in [0, 0.1) is 11.3 Å². The molecule has 15 heteroatoms. The molecule has 1 unspecified atom stereocenters. The standard InChI is InChI=1S/C37H44N6O8Si/c1-8-46-34(44)49-31-30(27-19-20-28-33(39-23-40-43(27)28)42(7)24-41(5)6)51-37(21-38,32(31)50-35(45)47-9-2)22-48-52(25-15-11-10-12-16-25)29-18-14-13-17-26(29)36(52,3)4/h10-20,23,30-32H,8-9,22,24H2,1-7H3/t30-,31-,32-,37+,52?/m0/s1. The van der Waals surface area contributed by atoms with Crippen LogP contribution in [-0.4, -0.2) is 106 Å². The highest BCUT2D eigenvalue weighted by Gasteiger charge is 2.67. The molecular formula is C37H44N6O8Si. The molecule has 274 valence electrons. The van der Waals surface area contributed by atoms with E-state index in [0.29, 0.717) is 23.7 Å². The van der Waals surface area contributed by atoms with Crippen molar-refractivity contribution in [2.75, 3.05) is 52.5 Å². The van der Waals surface area contributed by atoms with E-state index in [4.69, 9.17) is 28.1 Å². The Balaban J connectivity index is 1.47. The van der Waals surface area contributed by atoms with Crippen LogP contribution in [-0.2, 0) is 33.1 Å². The topological polar surface area (TPSA) is 150 Å². The number of anilines is 1. The van der Waals surface area contributed by atoms with E-state index in [2.05, 4.69) is 42.1 Å². The molecule has 2 aromatic heterocycles. The van der Waals surface area contributed by atoms with Gasteiger partial charge in [-0.05, 0) is 56.0 Å². The summed E-state index contributed by atoms with van der Waals surface area (Å²) in [6, 6.07) is 23.9. The van der Waals surface area contributed by atoms with E-state index in [0.717, 1.165) is 15.9 Å². The second kappa shape index (κ2) is 14.5. The van der Waals surface area contributed by atoms with E-state index < -0.39 is 49.6 Å². The maximum atomic E-state index is 13.1. The van der Waals surface area contributed by atoms with Crippen molar-refractivity contribution < 1.29 is 37.7 Å². The lowest BCUT2D eigenvalue weighted by molar-refractivity contribution is -0.0850. The Morgan fingerprint density at radius 3 is 2.31 bits per heavy atom.